The summed E-state index contributed by atoms with van der Waals surface area (Å²) in [4.78, 5) is 34.8. The number of Topliss-reactive ketones (excluding diaryl/α,β-unsaturated/α-hetero) is 1. The van der Waals surface area contributed by atoms with E-state index in [-0.39, 0.29) is 30.1 Å². The van der Waals surface area contributed by atoms with Gasteiger partial charge in [0.05, 0.1) is 0 Å². The molecule has 25 heavy (non-hydrogen) atoms. The zero-order chi connectivity index (χ0) is 18.6. The lowest BCUT2D eigenvalue weighted by Crippen LogP contribution is -2.49. The van der Waals surface area contributed by atoms with Gasteiger partial charge in [0.1, 0.15) is 23.9 Å². The van der Waals surface area contributed by atoms with Crippen LogP contribution < -0.4 is 0 Å². The van der Waals surface area contributed by atoms with Crippen LogP contribution in [0.5, 0.6) is 0 Å². The highest BCUT2D eigenvalue weighted by Crippen LogP contribution is 2.49. The lowest BCUT2D eigenvalue weighted by molar-refractivity contribution is -0.170. The van der Waals surface area contributed by atoms with Gasteiger partial charge in [-0.3, -0.25) is 9.59 Å². The maximum Gasteiger partial charge on any atom is 0.330 e. The van der Waals surface area contributed by atoms with Crippen molar-refractivity contribution in [3.8, 4) is 0 Å². The molecule has 0 heterocycles. The first-order valence-corrected chi connectivity index (χ1v) is 9.29. The Labute approximate surface area is 150 Å². The molecular weight excluding hydrogens is 320 g/mol. The van der Waals surface area contributed by atoms with Crippen molar-refractivity contribution in [2.75, 3.05) is 0 Å². The van der Waals surface area contributed by atoms with Gasteiger partial charge in [0.2, 0.25) is 0 Å². The number of fused-ring (bicyclic) bond motifs is 1. The van der Waals surface area contributed by atoms with Crippen LogP contribution in [0, 0.1) is 17.8 Å². The maximum atomic E-state index is 11.9. The Kier molecular flexibility index (Phi) is 6.42. The van der Waals surface area contributed by atoms with Gasteiger partial charge in [0.15, 0.2) is 0 Å². The number of carbonyl (C=O) groups excluding carboxylic acids is 3. The van der Waals surface area contributed by atoms with Crippen LogP contribution >= 0.6 is 0 Å². The van der Waals surface area contributed by atoms with Crippen LogP contribution in [0.1, 0.15) is 65.7 Å². The predicted octanol–water partition coefficient (Wildman–Crippen LogP) is 3.60. The summed E-state index contributed by atoms with van der Waals surface area (Å²) >= 11 is 0. The average molecular weight is 350 g/mol. The zero-order valence-corrected chi connectivity index (χ0v) is 15.6. The van der Waals surface area contributed by atoms with Crippen molar-refractivity contribution < 1.29 is 23.9 Å². The standard InChI is InChI=1S/C20H30O5/c1-5-18(22)25-20(3,4)16-10-6-9-15-14(16)8-7-11-17(15)24-19(23)12-13(2)21/h5,14-17H,1,6-12H2,2-4H3/t14-,15?,16+,17+/m0/s1. The van der Waals surface area contributed by atoms with E-state index in [0.29, 0.717) is 5.92 Å². The molecule has 2 rings (SSSR count). The fourth-order valence-electron chi connectivity index (χ4n) is 4.75. The number of carbonyl (C=O) groups is 3. The molecule has 5 nitrogen and oxygen atoms in total. The summed E-state index contributed by atoms with van der Waals surface area (Å²) in [7, 11) is 0. The van der Waals surface area contributed by atoms with Crippen LogP contribution in [0.3, 0.4) is 0 Å². The highest BCUT2D eigenvalue weighted by Gasteiger charge is 2.48. The Morgan fingerprint density at radius 1 is 1.08 bits per heavy atom. The van der Waals surface area contributed by atoms with Crippen molar-refractivity contribution in [1.82, 2.24) is 0 Å². The molecule has 2 saturated carbocycles. The number of ketones is 1. The second-order valence-corrected chi connectivity index (χ2v) is 7.93. The Balaban J connectivity index is 2.10. The van der Waals surface area contributed by atoms with Crippen LogP contribution in [0.15, 0.2) is 12.7 Å². The molecule has 0 aliphatic heterocycles. The first-order chi connectivity index (χ1) is 11.7. The molecule has 0 saturated heterocycles. The van der Waals surface area contributed by atoms with Crippen LogP contribution in [0.25, 0.3) is 0 Å². The van der Waals surface area contributed by atoms with Crippen molar-refractivity contribution in [2.45, 2.75) is 77.4 Å². The maximum absolute atomic E-state index is 11.9. The smallest absolute Gasteiger partial charge is 0.330 e. The van der Waals surface area contributed by atoms with Gasteiger partial charge in [-0.1, -0.05) is 13.0 Å². The minimum Gasteiger partial charge on any atom is -0.462 e. The molecule has 0 spiro atoms. The summed E-state index contributed by atoms with van der Waals surface area (Å²) in [5.74, 6) is -0.0962. The predicted molar refractivity (Wildman–Crippen MR) is 93.7 cm³/mol. The number of ether oxygens (including phenoxy) is 2. The van der Waals surface area contributed by atoms with Crippen LogP contribution in [-0.2, 0) is 23.9 Å². The Morgan fingerprint density at radius 3 is 2.36 bits per heavy atom. The zero-order valence-electron chi connectivity index (χ0n) is 15.6. The number of hydrogen-bond acceptors (Lipinski definition) is 5. The minimum absolute atomic E-state index is 0.126. The van der Waals surface area contributed by atoms with E-state index in [1.807, 2.05) is 13.8 Å². The molecule has 0 N–H and O–H groups in total. The largest absolute Gasteiger partial charge is 0.462 e. The Morgan fingerprint density at radius 2 is 1.72 bits per heavy atom. The second kappa shape index (κ2) is 8.15. The number of esters is 2. The molecular formula is C20H30O5. The highest BCUT2D eigenvalue weighted by atomic mass is 16.6. The van der Waals surface area contributed by atoms with Crippen LogP contribution in [0.4, 0.5) is 0 Å². The molecule has 140 valence electrons. The van der Waals surface area contributed by atoms with Crippen molar-refractivity contribution in [2.24, 2.45) is 17.8 Å². The fourth-order valence-corrected chi connectivity index (χ4v) is 4.75. The molecule has 1 unspecified atom stereocenters. The SMILES string of the molecule is C=CC(=O)OC(C)(C)[C@@H]1CCCC2[C@H](OC(=O)CC(C)=O)CCC[C@@H]21. The highest BCUT2D eigenvalue weighted by molar-refractivity contribution is 5.94. The van der Waals surface area contributed by atoms with Gasteiger partial charge < -0.3 is 9.47 Å². The molecule has 0 bridgehead atoms. The minimum atomic E-state index is -0.570. The van der Waals surface area contributed by atoms with Gasteiger partial charge in [-0.05, 0) is 64.7 Å². The lowest BCUT2D eigenvalue weighted by atomic mass is 9.60. The third-order valence-electron chi connectivity index (χ3n) is 5.72. The van der Waals surface area contributed by atoms with Gasteiger partial charge in [-0.25, -0.2) is 4.79 Å². The summed E-state index contributed by atoms with van der Waals surface area (Å²) < 4.78 is 11.3. The molecule has 4 atom stereocenters. The number of rotatable bonds is 6. The molecule has 2 fully saturated rings. The quantitative estimate of drug-likeness (QED) is 0.416. The van der Waals surface area contributed by atoms with Gasteiger partial charge >= 0.3 is 11.9 Å². The molecule has 2 aliphatic rings. The third kappa shape index (κ3) is 4.93. The summed E-state index contributed by atoms with van der Waals surface area (Å²) in [6.45, 7) is 8.81. The van der Waals surface area contributed by atoms with Crippen molar-refractivity contribution >= 4 is 17.7 Å². The average Bonchev–Trinajstić information content (AvgIpc) is 2.53. The lowest BCUT2D eigenvalue weighted by Gasteiger charge is -2.49. The van der Waals surface area contributed by atoms with E-state index in [1.54, 1.807) is 0 Å². The molecule has 0 radical (unpaired) electrons. The Hall–Kier alpha value is -1.65. The van der Waals surface area contributed by atoms with Crippen molar-refractivity contribution in [1.29, 1.82) is 0 Å². The summed E-state index contributed by atoms with van der Waals surface area (Å²) in [5.41, 5.74) is -0.570. The van der Waals surface area contributed by atoms with E-state index >= 15 is 0 Å². The van der Waals surface area contributed by atoms with E-state index in [2.05, 4.69) is 6.58 Å². The number of hydrogen-bond donors (Lipinski definition) is 0. The molecule has 2 aliphatic carbocycles. The van der Waals surface area contributed by atoms with Gasteiger partial charge in [-0.15, -0.1) is 0 Å². The monoisotopic (exact) mass is 350 g/mol. The van der Waals surface area contributed by atoms with Crippen LogP contribution in [0.2, 0.25) is 0 Å². The van der Waals surface area contributed by atoms with E-state index in [0.717, 1.165) is 38.5 Å². The molecule has 0 aromatic heterocycles. The van der Waals surface area contributed by atoms with Gasteiger partial charge in [0, 0.05) is 12.0 Å². The first kappa shape index (κ1) is 19.7. The fraction of sp³-hybridized carbons (Fsp3) is 0.750. The molecule has 5 heteroatoms. The van der Waals surface area contributed by atoms with Crippen molar-refractivity contribution in [3.63, 3.8) is 0 Å². The second-order valence-electron chi connectivity index (χ2n) is 7.93. The molecule has 0 amide bonds. The van der Waals surface area contributed by atoms with E-state index in [4.69, 9.17) is 9.47 Å². The molecule has 0 aromatic rings. The van der Waals surface area contributed by atoms with Crippen molar-refractivity contribution in [3.05, 3.63) is 12.7 Å². The van der Waals surface area contributed by atoms with E-state index in [1.165, 1.54) is 13.0 Å². The summed E-state index contributed by atoms with van der Waals surface area (Å²) in [6, 6.07) is 0. The normalized spacial score (nSPS) is 29.2. The van der Waals surface area contributed by atoms with Gasteiger partial charge in [0.25, 0.3) is 0 Å². The summed E-state index contributed by atoms with van der Waals surface area (Å²) in [5, 5.41) is 0. The third-order valence-corrected chi connectivity index (χ3v) is 5.72. The van der Waals surface area contributed by atoms with Gasteiger partial charge in [-0.2, -0.15) is 0 Å². The Bertz CT molecular complexity index is 536. The first-order valence-electron chi connectivity index (χ1n) is 9.29. The van der Waals surface area contributed by atoms with Crippen LogP contribution in [-0.4, -0.2) is 29.4 Å². The van der Waals surface area contributed by atoms with E-state index < -0.39 is 17.5 Å². The summed E-state index contributed by atoms with van der Waals surface area (Å²) in [6.07, 6.45) is 6.88. The topological polar surface area (TPSA) is 69.7 Å². The van der Waals surface area contributed by atoms with E-state index in [9.17, 15) is 14.4 Å². The molecule has 0 aromatic carbocycles.